The van der Waals surface area contributed by atoms with E-state index in [1.165, 1.54) is 6.42 Å². The van der Waals surface area contributed by atoms with Gasteiger partial charge in [0, 0.05) is 37.6 Å². The summed E-state index contributed by atoms with van der Waals surface area (Å²) in [6.45, 7) is 5.10. The molecular weight excluding hydrogens is 354 g/mol. The number of rotatable bonds is 4. The number of amides is 2. The maximum absolute atomic E-state index is 13.2. The molecule has 2 aliphatic rings. The topological polar surface area (TPSA) is 71.4 Å². The molecule has 6 nitrogen and oxygen atoms in total. The molecule has 2 fully saturated rings. The molecule has 2 heterocycles. The minimum absolute atomic E-state index is 0.0689. The van der Waals surface area contributed by atoms with E-state index in [1.54, 1.807) is 17.3 Å². The number of nitrogens with zero attached hydrogens (tertiary/aromatic N) is 2. The van der Waals surface area contributed by atoms with Gasteiger partial charge in [-0.1, -0.05) is 32.1 Å². The van der Waals surface area contributed by atoms with Crippen molar-refractivity contribution in [3.63, 3.8) is 0 Å². The van der Waals surface area contributed by atoms with Crippen molar-refractivity contribution < 1.29 is 9.59 Å². The van der Waals surface area contributed by atoms with Gasteiger partial charge in [0.15, 0.2) is 0 Å². The van der Waals surface area contributed by atoms with Gasteiger partial charge in [0.05, 0.1) is 0 Å². The molecule has 1 aliphatic carbocycles. The Bertz CT molecular complexity index is 755. The minimum Gasteiger partial charge on any atom is -0.350 e. The van der Waals surface area contributed by atoms with Crippen molar-refractivity contribution in [3.05, 3.63) is 33.7 Å². The molecule has 1 aromatic heterocycles. The van der Waals surface area contributed by atoms with Crippen molar-refractivity contribution >= 4 is 11.8 Å². The summed E-state index contributed by atoms with van der Waals surface area (Å²) in [5, 5.41) is 2.80. The Morgan fingerprint density at radius 2 is 1.50 bits per heavy atom. The van der Waals surface area contributed by atoms with Crippen LogP contribution in [0.4, 0.5) is 0 Å². The minimum atomic E-state index is -0.445. The molecule has 0 spiro atoms. The van der Waals surface area contributed by atoms with Crippen molar-refractivity contribution in [2.45, 2.75) is 83.7 Å². The summed E-state index contributed by atoms with van der Waals surface area (Å²) in [6.07, 6.45) is 13.1. The molecular formula is C22H33N3O3. The van der Waals surface area contributed by atoms with Gasteiger partial charge >= 0.3 is 0 Å². The van der Waals surface area contributed by atoms with E-state index in [1.807, 2.05) is 18.4 Å². The van der Waals surface area contributed by atoms with Crippen LogP contribution in [0.25, 0.3) is 0 Å². The van der Waals surface area contributed by atoms with Gasteiger partial charge in [-0.05, 0) is 39.5 Å². The van der Waals surface area contributed by atoms with E-state index < -0.39 is 11.3 Å². The Kier molecular flexibility index (Phi) is 6.92. The second kappa shape index (κ2) is 9.39. The molecule has 3 rings (SSSR count). The first-order valence-corrected chi connectivity index (χ1v) is 10.8. The lowest BCUT2D eigenvalue weighted by molar-refractivity contribution is 0.0740. The van der Waals surface area contributed by atoms with Gasteiger partial charge < -0.3 is 14.8 Å². The zero-order valence-electron chi connectivity index (χ0n) is 17.2. The van der Waals surface area contributed by atoms with Gasteiger partial charge in [0.2, 0.25) is 5.43 Å². The summed E-state index contributed by atoms with van der Waals surface area (Å²) in [6, 6.07) is 0.186. The fourth-order valence-electron chi connectivity index (χ4n) is 4.29. The van der Waals surface area contributed by atoms with E-state index in [9.17, 15) is 14.4 Å². The Balaban J connectivity index is 1.97. The maximum atomic E-state index is 13.2. The molecule has 154 valence electrons. The predicted octanol–water partition coefficient (Wildman–Crippen LogP) is 3.51. The SMILES string of the molecule is CC(C)NC(=O)c1cn(C2CCCC2)cc(C(=O)N2CCCCCCC2)c1=O. The number of likely N-dealkylation sites (tertiary alicyclic amines) is 1. The molecule has 1 N–H and O–H groups in total. The van der Waals surface area contributed by atoms with Crippen LogP contribution in [-0.4, -0.2) is 40.4 Å². The lowest BCUT2D eigenvalue weighted by Crippen LogP contribution is -2.40. The van der Waals surface area contributed by atoms with Gasteiger partial charge in [-0.3, -0.25) is 14.4 Å². The second-order valence-corrected chi connectivity index (χ2v) is 8.49. The Morgan fingerprint density at radius 3 is 2.11 bits per heavy atom. The number of carbonyl (C=O) groups excluding carboxylic acids is 2. The van der Waals surface area contributed by atoms with Crippen LogP contribution in [0.3, 0.4) is 0 Å². The Morgan fingerprint density at radius 1 is 0.929 bits per heavy atom. The molecule has 1 aromatic rings. The van der Waals surface area contributed by atoms with Crippen LogP contribution in [-0.2, 0) is 0 Å². The largest absolute Gasteiger partial charge is 0.350 e. The van der Waals surface area contributed by atoms with Crippen LogP contribution < -0.4 is 10.7 Å². The highest BCUT2D eigenvalue weighted by atomic mass is 16.2. The Hall–Kier alpha value is -2.11. The van der Waals surface area contributed by atoms with Gasteiger partial charge in [0.1, 0.15) is 11.1 Å². The summed E-state index contributed by atoms with van der Waals surface area (Å²) < 4.78 is 1.95. The standard InChI is InChI=1S/C22H33N3O3/c1-16(2)23-21(27)18-14-25(17-10-6-7-11-17)15-19(20(18)26)22(28)24-12-8-4-3-5-9-13-24/h14-17H,3-13H2,1-2H3,(H,23,27). The van der Waals surface area contributed by atoms with Crippen LogP contribution >= 0.6 is 0 Å². The molecule has 0 radical (unpaired) electrons. The third-order valence-electron chi connectivity index (χ3n) is 5.83. The van der Waals surface area contributed by atoms with Crippen molar-refractivity contribution in [2.24, 2.45) is 0 Å². The quantitative estimate of drug-likeness (QED) is 0.859. The first-order chi connectivity index (χ1) is 13.5. The first kappa shape index (κ1) is 20.6. The molecule has 1 saturated heterocycles. The highest BCUT2D eigenvalue weighted by Gasteiger charge is 2.26. The van der Waals surface area contributed by atoms with E-state index in [0.717, 1.165) is 51.4 Å². The third kappa shape index (κ3) is 4.83. The lowest BCUT2D eigenvalue weighted by atomic mass is 10.1. The maximum Gasteiger partial charge on any atom is 0.259 e. The van der Waals surface area contributed by atoms with Crippen molar-refractivity contribution in [1.82, 2.24) is 14.8 Å². The molecule has 1 saturated carbocycles. The van der Waals surface area contributed by atoms with E-state index in [0.29, 0.717) is 13.1 Å². The zero-order valence-corrected chi connectivity index (χ0v) is 17.2. The molecule has 0 unspecified atom stereocenters. The van der Waals surface area contributed by atoms with Crippen molar-refractivity contribution in [3.8, 4) is 0 Å². The number of pyridine rings is 1. The molecule has 0 aromatic carbocycles. The van der Waals surface area contributed by atoms with Gasteiger partial charge in [0.25, 0.3) is 11.8 Å². The monoisotopic (exact) mass is 387 g/mol. The van der Waals surface area contributed by atoms with Gasteiger partial charge in [-0.2, -0.15) is 0 Å². The molecule has 2 amide bonds. The third-order valence-corrected chi connectivity index (χ3v) is 5.83. The summed E-state index contributed by atoms with van der Waals surface area (Å²) in [5.74, 6) is -0.619. The van der Waals surface area contributed by atoms with E-state index in [4.69, 9.17) is 0 Å². The predicted molar refractivity (Wildman–Crippen MR) is 110 cm³/mol. The van der Waals surface area contributed by atoms with Gasteiger partial charge in [-0.15, -0.1) is 0 Å². The molecule has 0 bridgehead atoms. The first-order valence-electron chi connectivity index (χ1n) is 10.8. The van der Waals surface area contributed by atoms with E-state index in [2.05, 4.69) is 5.32 Å². The molecule has 1 aliphatic heterocycles. The smallest absolute Gasteiger partial charge is 0.259 e. The van der Waals surface area contributed by atoms with Gasteiger partial charge in [-0.25, -0.2) is 0 Å². The average molecular weight is 388 g/mol. The summed E-state index contributed by atoms with van der Waals surface area (Å²) in [7, 11) is 0. The van der Waals surface area contributed by atoms with Crippen molar-refractivity contribution in [2.75, 3.05) is 13.1 Å². The number of nitrogens with one attached hydrogen (secondary N) is 1. The van der Waals surface area contributed by atoms with Crippen LogP contribution in [0.2, 0.25) is 0 Å². The lowest BCUT2D eigenvalue weighted by Gasteiger charge is -2.25. The van der Waals surface area contributed by atoms with Crippen LogP contribution in [0.1, 0.15) is 98.4 Å². The summed E-state index contributed by atoms with van der Waals surface area (Å²) in [5.41, 5.74) is -0.221. The van der Waals surface area contributed by atoms with E-state index in [-0.39, 0.29) is 29.1 Å². The average Bonchev–Trinajstić information content (AvgIpc) is 3.15. The normalized spacial score (nSPS) is 18.8. The second-order valence-electron chi connectivity index (χ2n) is 8.49. The van der Waals surface area contributed by atoms with Crippen LogP contribution in [0.5, 0.6) is 0 Å². The van der Waals surface area contributed by atoms with Crippen LogP contribution in [0, 0.1) is 0 Å². The fraction of sp³-hybridized carbons (Fsp3) is 0.682. The number of hydrogen-bond acceptors (Lipinski definition) is 3. The number of carbonyl (C=O) groups is 2. The molecule has 0 atom stereocenters. The molecule has 28 heavy (non-hydrogen) atoms. The van der Waals surface area contributed by atoms with Crippen molar-refractivity contribution in [1.29, 1.82) is 0 Å². The Labute approximate surface area is 167 Å². The number of aromatic nitrogens is 1. The van der Waals surface area contributed by atoms with Crippen LogP contribution in [0.15, 0.2) is 17.2 Å². The summed E-state index contributed by atoms with van der Waals surface area (Å²) in [4.78, 5) is 40.8. The molecule has 6 heteroatoms. The highest BCUT2D eigenvalue weighted by molar-refractivity contribution is 5.99. The summed E-state index contributed by atoms with van der Waals surface area (Å²) >= 11 is 0. The highest BCUT2D eigenvalue weighted by Crippen LogP contribution is 2.29. The fourth-order valence-corrected chi connectivity index (χ4v) is 4.29. The zero-order chi connectivity index (χ0) is 20.1. The number of hydrogen-bond donors (Lipinski definition) is 1. The van der Waals surface area contributed by atoms with E-state index >= 15 is 0 Å².